The van der Waals surface area contributed by atoms with Crippen LogP contribution in [0.4, 0.5) is 8.78 Å². The Labute approximate surface area is 65.9 Å². The van der Waals surface area contributed by atoms with Crippen LogP contribution in [0.15, 0.2) is 0 Å². The molecule has 0 radical (unpaired) electrons. The van der Waals surface area contributed by atoms with Gasteiger partial charge in [-0.15, -0.1) is 0 Å². The Morgan fingerprint density at radius 3 is 2.45 bits per heavy atom. The molecule has 2 nitrogen and oxygen atoms in total. The molecule has 0 aliphatic carbocycles. The van der Waals surface area contributed by atoms with Crippen LogP contribution in [0, 0.1) is 5.92 Å². The summed E-state index contributed by atoms with van der Waals surface area (Å²) in [6, 6.07) is 0. The van der Waals surface area contributed by atoms with Gasteiger partial charge in [-0.3, -0.25) is 0 Å². The molecule has 0 bridgehead atoms. The second kappa shape index (κ2) is 6.49. The van der Waals surface area contributed by atoms with Gasteiger partial charge in [0.1, 0.15) is 0 Å². The third kappa shape index (κ3) is 6.19. The lowest BCUT2D eigenvalue weighted by Gasteiger charge is -2.13. The monoisotopic (exact) mass is 167 g/mol. The number of rotatable bonds is 6. The lowest BCUT2D eigenvalue weighted by molar-refractivity contribution is -0.137. The molecule has 1 unspecified atom stereocenters. The van der Waals surface area contributed by atoms with E-state index in [2.05, 4.69) is 10.1 Å². The van der Waals surface area contributed by atoms with E-state index in [0.29, 0.717) is 0 Å². The van der Waals surface area contributed by atoms with Crippen molar-refractivity contribution in [3.63, 3.8) is 0 Å². The maximum Gasteiger partial charge on any atom is 0.345 e. The molecular weight excluding hydrogens is 152 g/mol. The first-order valence-electron chi connectivity index (χ1n) is 3.75. The summed E-state index contributed by atoms with van der Waals surface area (Å²) in [4.78, 5) is 0. The third-order valence-corrected chi connectivity index (χ3v) is 1.53. The van der Waals surface area contributed by atoms with Crippen LogP contribution in [0.5, 0.6) is 0 Å². The first kappa shape index (κ1) is 10.8. The van der Waals surface area contributed by atoms with Gasteiger partial charge in [0.2, 0.25) is 0 Å². The number of halogens is 2. The van der Waals surface area contributed by atoms with Crippen molar-refractivity contribution < 1.29 is 13.5 Å². The maximum atomic E-state index is 11.5. The molecule has 0 aliphatic rings. The molecule has 1 N–H and O–H groups in total. The highest BCUT2D eigenvalue weighted by Gasteiger charge is 2.08. The zero-order valence-corrected chi connectivity index (χ0v) is 6.94. The van der Waals surface area contributed by atoms with E-state index in [0.717, 1.165) is 13.0 Å². The number of ether oxygens (including phenoxy) is 1. The standard InChI is InChI=1S/C7H15F2NO/c1-3-6(4-10-2)5-11-7(8)9/h6-7,10H,3-5H2,1-2H3. The Hall–Kier alpha value is -0.220. The molecule has 0 rings (SSSR count). The van der Waals surface area contributed by atoms with E-state index in [9.17, 15) is 8.78 Å². The Morgan fingerprint density at radius 1 is 1.45 bits per heavy atom. The van der Waals surface area contributed by atoms with Crippen LogP contribution in [0.1, 0.15) is 13.3 Å². The van der Waals surface area contributed by atoms with Gasteiger partial charge >= 0.3 is 6.61 Å². The molecule has 0 spiro atoms. The van der Waals surface area contributed by atoms with E-state index in [-0.39, 0.29) is 12.5 Å². The van der Waals surface area contributed by atoms with Crippen LogP contribution in [0.25, 0.3) is 0 Å². The second-order valence-corrected chi connectivity index (χ2v) is 2.43. The third-order valence-electron chi connectivity index (χ3n) is 1.53. The molecule has 0 aromatic carbocycles. The van der Waals surface area contributed by atoms with Crippen molar-refractivity contribution in [2.24, 2.45) is 5.92 Å². The molecule has 0 aromatic rings. The van der Waals surface area contributed by atoms with Gasteiger partial charge in [0.15, 0.2) is 0 Å². The molecule has 4 heteroatoms. The summed E-state index contributed by atoms with van der Waals surface area (Å²) in [7, 11) is 1.80. The van der Waals surface area contributed by atoms with E-state index in [1.807, 2.05) is 6.92 Å². The largest absolute Gasteiger partial charge is 0.345 e. The fourth-order valence-corrected chi connectivity index (χ4v) is 0.819. The van der Waals surface area contributed by atoms with E-state index < -0.39 is 6.61 Å². The summed E-state index contributed by atoms with van der Waals surface area (Å²) in [6.45, 7) is 0.176. The number of nitrogens with one attached hydrogen (secondary N) is 1. The predicted octanol–water partition coefficient (Wildman–Crippen LogP) is 1.47. The molecule has 68 valence electrons. The predicted molar refractivity (Wildman–Crippen MR) is 39.7 cm³/mol. The fourth-order valence-electron chi connectivity index (χ4n) is 0.819. The molecule has 0 aliphatic heterocycles. The highest BCUT2D eigenvalue weighted by Crippen LogP contribution is 2.04. The fraction of sp³-hybridized carbons (Fsp3) is 1.00. The quantitative estimate of drug-likeness (QED) is 0.646. The molecule has 0 saturated carbocycles. The molecule has 0 heterocycles. The average Bonchev–Trinajstić information content (AvgIpc) is 1.97. The smallest absolute Gasteiger partial charge is 0.323 e. The molecule has 1 atom stereocenters. The first-order valence-corrected chi connectivity index (χ1v) is 3.75. The van der Waals surface area contributed by atoms with E-state index in [4.69, 9.17) is 0 Å². The topological polar surface area (TPSA) is 21.3 Å². The molecule has 0 amide bonds. The SMILES string of the molecule is CCC(CNC)COC(F)F. The highest BCUT2D eigenvalue weighted by molar-refractivity contribution is 4.56. The Balaban J connectivity index is 3.35. The number of alkyl halides is 2. The summed E-state index contributed by atoms with van der Waals surface area (Å²) in [6.07, 6.45) is 0.855. The number of hydrogen-bond donors (Lipinski definition) is 1. The van der Waals surface area contributed by atoms with Gasteiger partial charge in [-0.2, -0.15) is 8.78 Å². The Morgan fingerprint density at radius 2 is 2.09 bits per heavy atom. The van der Waals surface area contributed by atoms with Crippen LogP contribution in [-0.2, 0) is 4.74 Å². The van der Waals surface area contributed by atoms with Crippen molar-refractivity contribution in [1.29, 1.82) is 0 Å². The minimum Gasteiger partial charge on any atom is -0.323 e. The molecule has 0 fully saturated rings. The molecule has 11 heavy (non-hydrogen) atoms. The van der Waals surface area contributed by atoms with E-state index >= 15 is 0 Å². The lowest BCUT2D eigenvalue weighted by atomic mass is 10.1. The zero-order chi connectivity index (χ0) is 8.69. The minimum absolute atomic E-state index is 0.134. The van der Waals surface area contributed by atoms with Crippen molar-refractivity contribution in [3.05, 3.63) is 0 Å². The van der Waals surface area contributed by atoms with Gasteiger partial charge in [0.25, 0.3) is 0 Å². The van der Waals surface area contributed by atoms with Gasteiger partial charge in [-0.25, -0.2) is 0 Å². The zero-order valence-electron chi connectivity index (χ0n) is 6.94. The van der Waals surface area contributed by atoms with Crippen LogP contribution >= 0.6 is 0 Å². The van der Waals surface area contributed by atoms with Crippen molar-refractivity contribution >= 4 is 0 Å². The molecule has 0 aromatic heterocycles. The normalized spacial score (nSPS) is 13.9. The number of hydrogen-bond acceptors (Lipinski definition) is 2. The first-order chi connectivity index (χ1) is 5.20. The molecule has 0 saturated heterocycles. The van der Waals surface area contributed by atoms with Gasteiger partial charge in [-0.1, -0.05) is 6.92 Å². The van der Waals surface area contributed by atoms with Gasteiger partial charge in [0.05, 0.1) is 6.61 Å². The lowest BCUT2D eigenvalue weighted by Crippen LogP contribution is -2.23. The Kier molecular flexibility index (Phi) is 6.36. The average molecular weight is 167 g/mol. The van der Waals surface area contributed by atoms with Crippen molar-refractivity contribution in [2.75, 3.05) is 20.2 Å². The maximum absolute atomic E-state index is 11.5. The van der Waals surface area contributed by atoms with Crippen LogP contribution in [0.2, 0.25) is 0 Å². The van der Waals surface area contributed by atoms with Crippen molar-refractivity contribution in [2.45, 2.75) is 20.0 Å². The summed E-state index contributed by atoms with van der Waals surface area (Å²) in [5, 5.41) is 2.92. The minimum atomic E-state index is -2.64. The van der Waals surface area contributed by atoms with Crippen molar-refractivity contribution in [3.8, 4) is 0 Å². The molecular formula is C7H15F2NO. The van der Waals surface area contributed by atoms with Gasteiger partial charge in [0, 0.05) is 0 Å². The summed E-state index contributed by atoms with van der Waals surface area (Å²) in [5.41, 5.74) is 0. The highest BCUT2D eigenvalue weighted by atomic mass is 19.3. The summed E-state index contributed by atoms with van der Waals surface area (Å²) in [5.74, 6) is 0.189. The summed E-state index contributed by atoms with van der Waals surface area (Å²) < 4.78 is 27.2. The van der Waals surface area contributed by atoms with E-state index in [1.165, 1.54) is 0 Å². The Bertz CT molecular complexity index is 90.5. The van der Waals surface area contributed by atoms with Crippen LogP contribution in [0.3, 0.4) is 0 Å². The summed E-state index contributed by atoms with van der Waals surface area (Å²) >= 11 is 0. The van der Waals surface area contributed by atoms with Gasteiger partial charge in [-0.05, 0) is 25.9 Å². The van der Waals surface area contributed by atoms with Crippen LogP contribution < -0.4 is 5.32 Å². The van der Waals surface area contributed by atoms with E-state index in [1.54, 1.807) is 7.05 Å². The van der Waals surface area contributed by atoms with Gasteiger partial charge < -0.3 is 10.1 Å². The van der Waals surface area contributed by atoms with Crippen molar-refractivity contribution in [1.82, 2.24) is 5.32 Å². The second-order valence-electron chi connectivity index (χ2n) is 2.43. The van der Waals surface area contributed by atoms with Crippen LogP contribution in [-0.4, -0.2) is 26.8 Å².